The van der Waals surface area contributed by atoms with Gasteiger partial charge in [0.1, 0.15) is 18.0 Å². The third kappa shape index (κ3) is 7.53. The lowest BCUT2D eigenvalue weighted by Gasteiger charge is -2.22. The highest BCUT2D eigenvalue weighted by Crippen LogP contribution is 2.23. The molecule has 1 aromatic heterocycles. The Morgan fingerprint density at radius 1 is 1.03 bits per heavy atom. The lowest BCUT2D eigenvalue weighted by atomic mass is 10.0. The highest BCUT2D eigenvalue weighted by Gasteiger charge is 2.28. The average molecular weight is 482 g/mol. The molecule has 3 aromatic rings. The van der Waals surface area contributed by atoms with Gasteiger partial charge >= 0.3 is 12.1 Å². The summed E-state index contributed by atoms with van der Waals surface area (Å²) in [6.07, 6.45) is -0.281. The number of nitrogens with zero attached hydrogens (tertiary/aromatic N) is 4. The number of aromatic nitrogens is 4. The van der Waals surface area contributed by atoms with Crippen molar-refractivity contribution in [3.63, 3.8) is 0 Å². The lowest BCUT2D eigenvalue weighted by Crippen LogP contribution is -2.34. The molecule has 1 amide bonds. The number of tetrazole rings is 1. The van der Waals surface area contributed by atoms with Crippen LogP contribution in [0.5, 0.6) is 5.75 Å². The van der Waals surface area contributed by atoms with Crippen LogP contribution in [0.25, 0.3) is 0 Å². The molecule has 0 spiro atoms. The molecule has 186 valence electrons. The van der Waals surface area contributed by atoms with Gasteiger partial charge in [-0.15, -0.1) is 5.10 Å². The van der Waals surface area contributed by atoms with E-state index in [1.807, 2.05) is 75.4 Å². The van der Waals surface area contributed by atoms with Crippen molar-refractivity contribution in [1.82, 2.24) is 25.5 Å². The number of hydrogen-bond acceptors (Lipinski definition) is 8. The van der Waals surface area contributed by atoms with Gasteiger partial charge in [0.2, 0.25) is 0 Å². The zero-order valence-electron chi connectivity index (χ0n) is 20.6. The van der Waals surface area contributed by atoms with Gasteiger partial charge in [-0.3, -0.25) is 0 Å². The molecule has 1 N–H and O–H groups in total. The Kier molecular flexibility index (Phi) is 8.40. The summed E-state index contributed by atoms with van der Waals surface area (Å²) in [4.78, 5) is 24.8. The standard InChI is InChI=1S/C25H31N5O5/c1-17(23(31)33-5)30-22(27-28-29-30)21(26-24(32)34-16-19-9-7-6-8-10-19)15-18-11-13-20(14-12-18)35-25(2,3)4/h6-14,17,21H,15-16H2,1-5H3,(H,26,32)/t17-,21-/m0/s1. The number of carbonyl (C=O) groups excluding carboxylic acids is 2. The van der Waals surface area contributed by atoms with Gasteiger partial charge in [0.05, 0.1) is 13.2 Å². The monoisotopic (exact) mass is 481 g/mol. The molecular formula is C25H31N5O5. The molecule has 0 radical (unpaired) electrons. The van der Waals surface area contributed by atoms with Gasteiger partial charge < -0.3 is 19.5 Å². The van der Waals surface area contributed by atoms with Gasteiger partial charge in [0.25, 0.3) is 0 Å². The number of hydrogen-bond donors (Lipinski definition) is 1. The highest BCUT2D eigenvalue weighted by molar-refractivity contribution is 5.73. The second-order valence-corrected chi connectivity index (χ2v) is 9.00. The SMILES string of the molecule is COC(=O)[C@H](C)n1nnnc1[C@H](Cc1ccc(OC(C)(C)C)cc1)NC(=O)OCc1ccccc1. The van der Waals surface area contributed by atoms with E-state index >= 15 is 0 Å². The summed E-state index contributed by atoms with van der Waals surface area (Å²) in [5.41, 5.74) is 1.44. The van der Waals surface area contributed by atoms with Crippen LogP contribution >= 0.6 is 0 Å². The Morgan fingerprint density at radius 2 is 1.71 bits per heavy atom. The number of amides is 1. The first kappa shape index (κ1) is 25.7. The predicted molar refractivity (Wildman–Crippen MR) is 128 cm³/mol. The van der Waals surface area contributed by atoms with Gasteiger partial charge in [0, 0.05) is 6.42 Å². The molecule has 0 unspecified atom stereocenters. The van der Waals surface area contributed by atoms with Crippen molar-refractivity contribution < 1.29 is 23.8 Å². The summed E-state index contributed by atoms with van der Waals surface area (Å²) in [7, 11) is 1.29. The number of methoxy groups -OCH3 is 1. The van der Waals surface area contributed by atoms with Crippen LogP contribution in [0.3, 0.4) is 0 Å². The normalized spacial score (nSPS) is 12.9. The number of esters is 1. The largest absolute Gasteiger partial charge is 0.488 e. The molecule has 0 saturated carbocycles. The molecule has 2 aromatic carbocycles. The topological polar surface area (TPSA) is 117 Å². The first-order valence-corrected chi connectivity index (χ1v) is 11.3. The van der Waals surface area contributed by atoms with Crippen molar-refractivity contribution >= 4 is 12.1 Å². The second-order valence-electron chi connectivity index (χ2n) is 9.00. The van der Waals surface area contributed by atoms with Crippen LogP contribution in [-0.4, -0.2) is 45.0 Å². The second kappa shape index (κ2) is 11.5. The molecule has 10 heteroatoms. The van der Waals surface area contributed by atoms with E-state index < -0.39 is 24.1 Å². The summed E-state index contributed by atoms with van der Waals surface area (Å²) in [5, 5.41) is 14.6. The summed E-state index contributed by atoms with van der Waals surface area (Å²) in [6, 6.07) is 15.5. The maximum absolute atomic E-state index is 12.7. The third-order valence-electron chi connectivity index (χ3n) is 5.03. The minimum atomic E-state index is -0.780. The highest BCUT2D eigenvalue weighted by atomic mass is 16.5. The minimum Gasteiger partial charge on any atom is -0.488 e. The number of alkyl carbamates (subject to hydrolysis) is 1. The van der Waals surface area contributed by atoms with E-state index in [0.29, 0.717) is 12.2 Å². The summed E-state index contributed by atoms with van der Waals surface area (Å²) in [6.45, 7) is 7.66. The fourth-order valence-corrected chi connectivity index (χ4v) is 3.37. The molecule has 0 aliphatic carbocycles. The summed E-state index contributed by atoms with van der Waals surface area (Å²) in [5.74, 6) is 0.527. The van der Waals surface area contributed by atoms with Crippen LogP contribution in [0.15, 0.2) is 54.6 Å². The molecule has 10 nitrogen and oxygen atoms in total. The van der Waals surface area contributed by atoms with Crippen molar-refractivity contribution in [3.8, 4) is 5.75 Å². The number of rotatable bonds is 9. The molecule has 2 atom stereocenters. The zero-order chi connectivity index (χ0) is 25.4. The quantitative estimate of drug-likeness (QED) is 0.459. The molecule has 0 saturated heterocycles. The third-order valence-corrected chi connectivity index (χ3v) is 5.03. The molecule has 0 bridgehead atoms. The first-order chi connectivity index (χ1) is 16.7. The Labute approximate surface area is 204 Å². The van der Waals surface area contributed by atoms with Crippen LogP contribution in [0.1, 0.15) is 56.7 Å². The van der Waals surface area contributed by atoms with Gasteiger partial charge in [-0.2, -0.15) is 0 Å². The van der Waals surface area contributed by atoms with Gasteiger partial charge in [-0.1, -0.05) is 42.5 Å². The van der Waals surface area contributed by atoms with E-state index in [9.17, 15) is 9.59 Å². The van der Waals surface area contributed by atoms with Crippen molar-refractivity contribution in [2.45, 2.75) is 58.4 Å². The number of nitrogens with one attached hydrogen (secondary N) is 1. The van der Waals surface area contributed by atoms with E-state index in [1.165, 1.54) is 11.8 Å². The van der Waals surface area contributed by atoms with Crippen molar-refractivity contribution in [2.24, 2.45) is 0 Å². The maximum atomic E-state index is 12.7. The molecule has 0 aliphatic heterocycles. The van der Waals surface area contributed by atoms with Gasteiger partial charge in [-0.05, 0) is 61.4 Å². The Balaban J connectivity index is 1.80. The summed E-state index contributed by atoms with van der Waals surface area (Å²) < 4.78 is 17.4. The van der Waals surface area contributed by atoms with Crippen LogP contribution < -0.4 is 10.1 Å². The predicted octanol–water partition coefficient (Wildman–Crippen LogP) is 3.79. The zero-order valence-corrected chi connectivity index (χ0v) is 20.6. The fraction of sp³-hybridized carbons (Fsp3) is 0.400. The van der Waals surface area contributed by atoms with Gasteiger partial charge in [-0.25, -0.2) is 14.3 Å². The van der Waals surface area contributed by atoms with Gasteiger partial charge in [0.15, 0.2) is 11.9 Å². The van der Waals surface area contributed by atoms with Crippen molar-refractivity contribution in [2.75, 3.05) is 7.11 Å². The van der Waals surface area contributed by atoms with Crippen LogP contribution in [0.2, 0.25) is 0 Å². The molecule has 3 rings (SSSR count). The van der Waals surface area contributed by atoms with Crippen molar-refractivity contribution in [3.05, 3.63) is 71.5 Å². The number of carbonyl (C=O) groups is 2. The fourth-order valence-electron chi connectivity index (χ4n) is 3.37. The average Bonchev–Trinajstić information content (AvgIpc) is 3.32. The van der Waals surface area contributed by atoms with E-state index in [-0.39, 0.29) is 12.2 Å². The van der Waals surface area contributed by atoms with Crippen LogP contribution in [-0.2, 0) is 27.3 Å². The smallest absolute Gasteiger partial charge is 0.408 e. The Hall–Kier alpha value is -3.95. The van der Waals surface area contributed by atoms with Crippen LogP contribution in [0.4, 0.5) is 4.79 Å². The Morgan fingerprint density at radius 3 is 2.34 bits per heavy atom. The molecular weight excluding hydrogens is 450 g/mol. The molecule has 0 fully saturated rings. The molecule has 35 heavy (non-hydrogen) atoms. The van der Waals surface area contributed by atoms with E-state index in [0.717, 1.165) is 16.9 Å². The van der Waals surface area contributed by atoms with Crippen molar-refractivity contribution in [1.29, 1.82) is 0 Å². The van der Waals surface area contributed by atoms with E-state index in [1.54, 1.807) is 6.92 Å². The number of ether oxygens (including phenoxy) is 3. The van der Waals surface area contributed by atoms with E-state index in [2.05, 4.69) is 20.8 Å². The Bertz CT molecular complexity index is 1110. The number of benzene rings is 2. The first-order valence-electron chi connectivity index (χ1n) is 11.3. The summed E-state index contributed by atoms with van der Waals surface area (Å²) >= 11 is 0. The van der Waals surface area contributed by atoms with Crippen LogP contribution in [0, 0.1) is 0 Å². The minimum absolute atomic E-state index is 0.113. The maximum Gasteiger partial charge on any atom is 0.408 e. The molecule has 0 aliphatic rings. The molecule has 1 heterocycles. The lowest BCUT2D eigenvalue weighted by molar-refractivity contribution is -0.144. The van der Waals surface area contributed by atoms with E-state index in [4.69, 9.17) is 14.2 Å².